The van der Waals surface area contributed by atoms with Gasteiger partial charge >= 0.3 is 5.97 Å². The highest BCUT2D eigenvalue weighted by Crippen LogP contribution is 2.51. The summed E-state index contributed by atoms with van der Waals surface area (Å²) in [5, 5.41) is 8.14. The molecule has 202 valence electrons. The van der Waals surface area contributed by atoms with Crippen molar-refractivity contribution in [2.45, 2.75) is 41.9 Å². The van der Waals surface area contributed by atoms with E-state index in [4.69, 9.17) is 9.47 Å². The summed E-state index contributed by atoms with van der Waals surface area (Å²) < 4.78 is 52.4. The number of halogens is 1. The van der Waals surface area contributed by atoms with Crippen molar-refractivity contribution in [2.24, 2.45) is 10.4 Å². The summed E-state index contributed by atoms with van der Waals surface area (Å²) in [4.78, 5) is 30.4. The van der Waals surface area contributed by atoms with Crippen molar-refractivity contribution < 1.29 is 37.1 Å². The maximum Gasteiger partial charge on any atom is 0.307 e. The Balaban J connectivity index is 1.84. The molecule has 2 atom stereocenters. The topological polar surface area (TPSA) is 131 Å². The average molecular weight is 545 g/mol. The molecule has 0 saturated carbocycles. The number of carbonyl (C=O) groups excluding carboxylic acids is 2. The van der Waals surface area contributed by atoms with Gasteiger partial charge in [0.05, 0.1) is 23.3 Å². The first-order chi connectivity index (χ1) is 18.2. The van der Waals surface area contributed by atoms with Gasteiger partial charge in [0, 0.05) is 19.4 Å². The number of amides is 1. The predicted octanol–water partition coefficient (Wildman–Crippen LogP) is 3.27. The zero-order chi connectivity index (χ0) is 27.4. The Bertz CT molecular complexity index is 1320. The largest absolute Gasteiger partial charge is 0.466 e. The van der Waals surface area contributed by atoms with E-state index in [0.717, 1.165) is 0 Å². The molecule has 2 aromatic rings. The Labute approximate surface area is 220 Å². The molecule has 38 heavy (non-hydrogen) atoms. The smallest absolute Gasteiger partial charge is 0.307 e. The Kier molecular flexibility index (Phi) is 8.10. The molecule has 0 spiro atoms. The van der Waals surface area contributed by atoms with Crippen LogP contribution in [-0.4, -0.2) is 62.3 Å². The summed E-state index contributed by atoms with van der Waals surface area (Å²) in [6, 6.07) is 11.8. The van der Waals surface area contributed by atoms with Gasteiger partial charge in [-0.05, 0) is 61.2 Å². The Morgan fingerprint density at radius 3 is 2.24 bits per heavy atom. The summed E-state index contributed by atoms with van der Waals surface area (Å²) in [6.45, 7) is 1.92. The standard InChI is InChI=1S/C27H29FN2O7S/c1-2-37-24(31)18-23(27(12-3-15-29-27)26(25(32)30-33)13-16-36-17-14-26)38(34,35)22-10-6-20(7-11-22)19-4-8-21(28)9-5-19/h3-12,15,23,33H,2,13-14,16-18H2,1H3,(H,30,32). The van der Waals surface area contributed by atoms with Crippen LogP contribution in [0.25, 0.3) is 11.1 Å². The molecule has 11 heteroatoms. The number of esters is 1. The van der Waals surface area contributed by atoms with Gasteiger partial charge < -0.3 is 9.47 Å². The number of hydroxylamine groups is 1. The van der Waals surface area contributed by atoms with E-state index in [0.29, 0.717) is 11.1 Å². The molecule has 2 aliphatic rings. The third-order valence-electron chi connectivity index (χ3n) is 7.26. The van der Waals surface area contributed by atoms with Crippen LogP contribution in [0.4, 0.5) is 4.39 Å². The SMILES string of the molecule is CCOC(=O)CC(C1(C2(C(=O)NO)CCOCC2)C=CC=N1)S(=O)(=O)c1ccc(-c2ccc(F)cc2)cc1. The van der Waals surface area contributed by atoms with E-state index in [1.165, 1.54) is 42.6 Å². The fraction of sp³-hybridized carbons (Fsp3) is 0.370. The van der Waals surface area contributed by atoms with Crippen LogP contribution in [0.1, 0.15) is 26.2 Å². The van der Waals surface area contributed by atoms with Crippen molar-refractivity contribution in [3.63, 3.8) is 0 Å². The maximum atomic E-state index is 14.3. The highest BCUT2D eigenvalue weighted by molar-refractivity contribution is 7.92. The number of carbonyl (C=O) groups is 2. The number of ether oxygens (including phenoxy) is 2. The summed E-state index contributed by atoms with van der Waals surface area (Å²) >= 11 is 0. The quantitative estimate of drug-likeness (QED) is 0.281. The average Bonchev–Trinajstić information content (AvgIpc) is 3.43. The second-order valence-electron chi connectivity index (χ2n) is 9.17. The van der Waals surface area contributed by atoms with Gasteiger partial charge in [-0.3, -0.25) is 19.8 Å². The van der Waals surface area contributed by atoms with Crippen LogP contribution in [0.2, 0.25) is 0 Å². The normalized spacial score (nSPS) is 21.1. The van der Waals surface area contributed by atoms with E-state index < -0.39 is 44.3 Å². The number of allylic oxidation sites excluding steroid dienone is 1. The Hall–Kier alpha value is -3.41. The van der Waals surface area contributed by atoms with Crippen LogP contribution in [0, 0.1) is 11.2 Å². The molecule has 9 nitrogen and oxygen atoms in total. The second-order valence-corrected chi connectivity index (χ2v) is 11.3. The lowest BCUT2D eigenvalue weighted by Crippen LogP contribution is -2.63. The van der Waals surface area contributed by atoms with Gasteiger partial charge in [0.2, 0.25) is 0 Å². The second kappa shape index (κ2) is 11.1. The molecule has 1 amide bonds. The van der Waals surface area contributed by atoms with Gasteiger partial charge in [0.25, 0.3) is 5.91 Å². The van der Waals surface area contributed by atoms with E-state index in [1.54, 1.807) is 36.7 Å². The number of sulfone groups is 1. The molecule has 2 aliphatic heterocycles. The fourth-order valence-corrected chi connectivity index (χ4v) is 7.37. The van der Waals surface area contributed by atoms with E-state index >= 15 is 0 Å². The highest BCUT2D eigenvalue weighted by Gasteiger charge is 2.63. The van der Waals surface area contributed by atoms with Gasteiger partial charge in [-0.25, -0.2) is 18.3 Å². The van der Waals surface area contributed by atoms with E-state index in [-0.39, 0.29) is 43.4 Å². The minimum absolute atomic E-state index is 0.0418. The van der Waals surface area contributed by atoms with E-state index in [9.17, 15) is 27.6 Å². The highest BCUT2D eigenvalue weighted by atomic mass is 32.2. The van der Waals surface area contributed by atoms with Crippen LogP contribution >= 0.6 is 0 Å². The van der Waals surface area contributed by atoms with E-state index in [2.05, 4.69) is 4.99 Å². The molecule has 1 saturated heterocycles. The number of hydrogen-bond donors (Lipinski definition) is 2. The number of rotatable bonds is 9. The summed E-state index contributed by atoms with van der Waals surface area (Å²) in [5.41, 5.74) is -0.178. The summed E-state index contributed by atoms with van der Waals surface area (Å²) in [7, 11) is -4.32. The summed E-state index contributed by atoms with van der Waals surface area (Å²) in [6.07, 6.45) is 4.01. The number of benzene rings is 2. The molecule has 2 aromatic carbocycles. The van der Waals surface area contributed by atoms with Crippen LogP contribution < -0.4 is 5.48 Å². The fourth-order valence-electron chi connectivity index (χ4n) is 5.33. The third kappa shape index (κ3) is 4.89. The molecular formula is C27H29FN2O7S. The van der Waals surface area contributed by atoms with Gasteiger partial charge in [-0.1, -0.05) is 30.3 Å². The van der Waals surface area contributed by atoms with Crippen LogP contribution in [0.5, 0.6) is 0 Å². The lowest BCUT2D eigenvalue weighted by molar-refractivity contribution is -0.152. The van der Waals surface area contributed by atoms with Crippen molar-refractivity contribution >= 4 is 27.9 Å². The number of hydrogen-bond acceptors (Lipinski definition) is 8. The number of nitrogens with zero attached hydrogens (tertiary/aromatic N) is 1. The molecule has 0 aliphatic carbocycles. The van der Waals surface area contributed by atoms with Gasteiger partial charge in [-0.2, -0.15) is 0 Å². The zero-order valence-electron chi connectivity index (χ0n) is 20.8. The number of nitrogens with one attached hydrogen (secondary N) is 1. The predicted molar refractivity (Wildman–Crippen MR) is 137 cm³/mol. The van der Waals surface area contributed by atoms with Gasteiger partial charge in [0.1, 0.15) is 16.6 Å². The van der Waals surface area contributed by atoms with Crippen LogP contribution in [0.3, 0.4) is 0 Å². The lowest BCUT2D eigenvalue weighted by Gasteiger charge is -2.49. The van der Waals surface area contributed by atoms with Crippen molar-refractivity contribution in [3.05, 3.63) is 66.5 Å². The van der Waals surface area contributed by atoms with Crippen LogP contribution in [-0.2, 0) is 28.9 Å². The first kappa shape index (κ1) is 27.6. The van der Waals surface area contributed by atoms with Crippen LogP contribution in [0.15, 0.2) is 70.6 Å². The number of aliphatic imine (C=N–C) groups is 1. The first-order valence-corrected chi connectivity index (χ1v) is 13.8. The van der Waals surface area contributed by atoms with Crippen molar-refractivity contribution in [3.8, 4) is 11.1 Å². The zero-order valence-corrected chi connectivity index (χ0v) is 21.6. The van der Waals surface area contributed by atoms with Gasteiger partial charge in [0.15, 0.2) is 9.84 Å². The maximum absolute atomic E-state index is 14.3. The molecule has 0 radical (unpaired) electrons. The van der Waals surface area contributed by atoms with E-state index in [1.807, 2.05) is 0 Å². The molecule has 0 aromatic heterocycles. The monoisotopic (exact) mass is 544 g/mol. The molecular weight excluding hydrogens is 515 g/mol. The van der Waals surface area contributed by atoms with Crippen molar-refractivity contribution in [1.82, 2.24) is 5.48 Å². The molecule has 2 unspecified atom stereocenters. The lowest BCUT2D eigenvalue weighted by atomic mass is 9.62. The van der Waals surface area contributed by atoms with Crippen molar-refractivity contribution in [1.29, 1.82) is 0 Å². The third-order valence-corrected chi connectivity index (χ3v) is 9.46. The Morgan fingerprint density at radius 2 is 1.71 bits per heavy atom. The van der Waals surface area contributed by atoms with Crippen molar-refractivity contribution in [2.75, 3.05) is 19.8 Å². The molecule has 2 N–H and O–H groups in total. The molecule has 2 heterocycles. The Morgan fingerprint density at radius 1 is 1.11 bits per heavy atom. The molecule has 4 rings (SSSR count). The molecule has 0 bridgehead atoms. The minimum Gasteiger partial charge on any atom is -0.466 e. The summed E-state index contributed by atoms with van der Waals surface area (Å²) in [5.74, 6) is -1.95. The van der Waals surface area contributed by atoms with Gasteiger partial charge in [-0.15, -0.1) is 0 Å². The first-order valence-electron chi connectivity index (χ1n) is 12.2. The minimum atomic E-state index is -4.32. The molecule has 1 fully saturated rings.